The van der Waals surface area contributed by atoms with E-state index in [1.165, 1.54) is 0 Å². The molecule has 0 aliphatic rings. The first-order chi connectivity index (χ1) is 10.5. The molecule has 22 heavy (non-hydrogen) atoms. The highest BCUT2D eigenvalue weighted by atomic mass is 79.9. The van der Waals surface area contributed by atoms with Gasteiger partial charge in [0, 0.05) is 17.3 Å². The molecule has 0 aliphatic carbocycles. The van der Waals surface area contributed by atoms with Gasteiger partial charge in [0.25, 0.3) is 0 Å². The molecule has 8 heteroatoms. The fourth-order valence-corrected chi connectivity index (χ4v) is 2.89. The van der Waals surface area contributed by atoms with Crippen LogP contribution >= 0.6 is 15.9 Å². The molecule has 0 aromatic carbocycles. The number of hydrogen-bond acceptors (Lipinski definition) is 6. The first kappa shape index (κ1) is 14.7. The summed E-state index contributed by atoms with van der Waals surface area (Å²) in [6, 6.07) is 0. The van der Waals surface area contributed by atoms with Crippen molar-refractivity contribution in [2.75, 3.05) is 12.8 Å². The lowest BCUT2D eigenvalue weighted by Crippen LogP contribution is -2.07. The number of aryl methyl sites for hydroxylation is 1. The van der Waals surface area contributed by atoms with Gasteiger partial charge in [-0.25, -0.2) is 9.97 Å². The van der Waals surface area contributed by atoms with Gasteiger partial charge in [-0.3, -0.25) is 4.98 Å². The summed E-state index contributed by atoms with van der Waals surface area (Å²) in [5.41, 5.74) is 9.96. The minimum absolute atomic E-state index is 0.201. The first-order valence-electron chi connectivity index (χ1n) is 6.64. The molecule has 0 fully saturated rings. The molecule has 2 N–H and O–H groups in total. The molecule has 0 saturated carbocycles. The number of halogens is 1. The molecule has 0 spiro atoms. The number of anilines is 1. The summed E-state index contributed by atoms with van der Waals surface area (Å²) in [6.07, 6.45) is 3.51. The molecule has 0 aliphatic heterocycles. The van der Waals surface area contributed by atoms with Crippen LogP contribution in [0.1, 0.15) is 16.8 Å². The summed E-state index contributed by atoms with van der Waals surface area (Å²) in [6.45, 7) is 4.49. The van der Waals surface area contributed by atoms with Crippen LogP contribution in [0.3, 0.4) is 0 Å². The van der Waals surface area contributed by atoms with Crippen LogP contribution in [0.2, 0.25) is 0 Å². The quantitative estimate of drug-likeness (QED) is 0.718. The first-order valence-corrected chi connectivity index (χ1v) is 7.43. The predicted octanol–water partition coefficient (Wildman–Crippen LogP) is 2.24. The van der Waals surface area contributed by atoms with Crippen molar-refractivity contribution in [2.45, 2.75) is 20.4 Å². The number of hydrogen-bond donors (Lipinski definition) is 1. The van der Waals surface area contributed by atoms with Crippen molar-refractivity contribution in [3.05, 3.63) is 33.9 Å². The van der Waals surface area contributed by atoms with Gasteiger partial charge >= 0.3 is 0 Å². The van der Waals surface area contributed by atoms with E-state index >= 15 is 0 Å². The van der Waals surface area contributed by atoms with Gasteiger partial charge in [0.2, 0.25) is 5.95 Å². The van der Waals surface area contributed by atoms with Crippen LogP contribution in [-0.4, -0.2) is 31.6 Å². The van der Waals surface area contributed by atoms with E-state index in [4.69, 9.17) is 10.5 Å². The summed E-state index contributed by atoms with van der Waals surface area (Å²) in [5.74, 6) is 1.05. The predicted molar refractivity (Wildman–Crippen MR) is 86.8 cm³/mol. The highest BCUT2D eigenvalue weighted by Gasteiger charge is 2.14. The second kappa shape index (κ2) is 5.53. The van der Waals surface area contributed by atoms with Crippen LogP contribution < -0.4 is 10.5 Å². The van der Waals surface area contributed by atoms with Crippen LogP contribution in [0.25, 0.3) is 11.2 Å². The van der Waals surface area contributed by atoms with Crippen molar-refractivity contribution < 1.29 is 4.74 Å². The number of ether oxygens (including phenoxy) is 1. The van der Waals surface area contributed by atoms with Crippen molar-refractivity contribution in [3.8, 4) is 5.75 Å². The van der Waals surface area contributed by atoms with Crippen molar-refractivity contribution in [2.24, 2.45) is 0 Å². The van der Waals surface area contributed by atoms with Crippen molar-refractivity contribution >= 4 is 33.0 Å². The normalized spacial score (nSPS) is 11.1. The highest BCUT2D eigenvalue weighted by molar-refractivity contribution is 9.10. The van der Waals surface area contributed by atoms with Gasteiger partial charge in [-0.1, -0.05) is 0 Å². The second-order valence-electron chi connectivity index (χ2n) is 4.96. The Balaban J connectivity index is 2.08. The Morgan fingerprint density at radius 2 is 2.05 bits per heavy atom. The van der Waals surface area contributed by atoms with Crippen LogP contribution in [0, 0.1) is 13.8 Å². The Bertz CT molecular complexity index is 860. The second-order valence-corrected chi connectivity index (χ2v) is 5.71. The molecule has 0 unspecified atom stereocenters. The number of nitrogens with zero attached hydrogens (tertiary/aromatic N) is 5. The monoisotopic (exact) mass is 362 g/mol. The number of aromatic nitrogens is 5. The van der Waals surface area contributed by atoms with Crippen molar-refractivity contribution in [1.82, 2.24) is 24.5 Å². The van der Waals surface area contributed by atoms with Crippen LogP contribution in [0.5, 0.6) is 5.75 Å². The maximum Gasteiger partial charge on any atom is 0.223 e. The largest absolute Gasteiger partial charge is 0.496 e. The van der Waals surface area contributed by atoms with E-state index in [0.717, 1.165) is 22.6 Å². The summed E-state index contributed by atoms with van der Waals surface area (Å²) in [4.78, 5) is 17.1. The lowest BCUT2D eigenvalue weighted by Gasteiger charge is -2.12. The van der Waals surface area contributed by atoms with E-state index in [0.29, 0.717) is 22.3 Å². The fourth-order valence-electron chi connectivity index (χ4n) is 2.43. The average Bonchev–Trinajstić information content (AvgIpc) is 2.86. The van der Waals surface area contributed by atoms with E-state index in [1.54, 1.807) is 19.6 Å². The summed E-state index contributed by atoms with van der Waals surface area (Å²) in [7, 11) is 1.66. The Kier molecular flexibility index (Phi) is 3.69. The summed E-state index contributed by atoms with van der Waals surface area (Å²) < 4.78 is 7.92. The molecule has 0 radical (unpaired) electrons. The standard InChI is InChI=1S/C14H15BrN6O/c1-7-4-17-9(8(2)11(7)22-3)5-21-6-18-10-12(15)19-14(16)20-13(10)21/h4,6H,5H2,1-3H3,(H2,16,19,20). The number of imidazole rings is 1. The van der Waals surface area contributed by atoms with Crippen LogP contribution in [-0.2, 0) is 6.54 Å². The maximum absolute atomic E-state index is 5.71. The molecule has 3 rings (SSSR count). The van der Waals surface area contributed by atoms with Gasteiger partial charge < -0.3 is 15.0 Å². The lowest BCUT2D eigenvalue weighted by atomic mass is 10.1. The number of fused-ring (bicyclic) bond motifs is 1. The molecule has 3 aromatic rings. The number of nitrogens with two attached hydrogens (primary N) is 1. The van der Waals surface area contributed by atoms with Gasteiger partial charge in [-0.05, 0) is 29.8 Å². The SMILES string of the molecule is COc1c(C)cnc(Cn2cnc3c(Br)nc(N)nc32)c1C. The zero-order chi connectivity index (χ0) is 15.9. The fraction of sp³-hybridized carbons (Fsp3) is 0.286. The molecular formula is C14H15BrN6O. The van der Waals surface area contributed by atoms with Gasteiger partial charge in [-0.15, -0.1) is 0 Å². The summed E-state index contributed by atoms with van der Waals surface area (Å²) >= 11 is 3.35. The number of methoxy groups -OCH3 is 1. The van der Waals surface area contributed by atoms with Crippen molar-refractivity contribution in [3.63, 3.8) is 0 Å². The van der Waals surface area contributed by atoms with Gasteiger partial charge in [-0.2, -0.15) is 4.98 Å². The molecule has 0 amide bonds. The summed E-state index contributed by atoms with van der Waals surface area (Å²) in [5, 5.41) is 0. The minimum atomic E-state index is 0.201. The topological polar surface area (TPSA) is 91.7 Å². The number of nitrogen functional groups attached to an aromatic ring is 1. The third kappa shape index (κ3) is 2.39. The third-order valence-corrected chi connectivity index (χ3v) is 4.06. The van der Waals surface area contributed by atoms with E-state index < -0.39 is 0 Å². The Labute approximate surface area is 135 Å². The Hall–Kier alpha value is -2.22. The number of pyridine rings is 1. The minimum Gasteiger partial charge on any atom is -0.496 e. The van der Waals surface area contributed by atoms with E-state index in [-0.39, 0.29) is 5.95 Å². The molecule has 114 valence electrons. The van der Waals surface area contributed by atoms with Crippen LogP contribution in [0.4, 0.5) is 5.95 Å². The highest BCUT2D eigenvalue weighted by Crippen LogP contribution is 2.26. The van der Waals surface area contributed by atoms with E-state index in [2.05, 4.69) is 35.9 Å². The van der Waals surface area contributed by atoms with Crippen LogP contribution in [0.15, 0.2) is 17.1 Å². The average molecular weight is 363 g/mol. The van der Waals surface area contributed by atoms with E-state index in [9.17, 15) is 0 Å². The maximum atomic E-state index is 5.71. The Morgan fingerprint density at radius 3 is 2.77 bits per heavy atom. The molecule has 0 atom stereocenters. The molecule has 0 bridgehead atoms. The van der Waals surface area contributed by atoms with Gasteiger partial charge in [0.15, 0.2) is 5.65 Å². The molecule has 3 aromatic heterocycles. The lowest BCUT2D eigenvalue weighted by molar-refractivity contribution is 0.406. The molecular weight excluding hydrogens is 348 g/mol. The van der Waals surface area contributed by atoms with Gasteiger partial charge in [0.05, 0.1) is 25.7 Å². The zero-order valence-electron chi connectivity index (χ0n) is 12.5. The van der Waals surface area contributed by atoms with E-state index in [1.807, 2.05) is 18.4 Å². The number of rotatable bonds is 3. The van der Waals surface area contributed by atoms with Crippen molar-refractivity contribution in [1.29, 1.82) is 0 Å². The Morgan fingerprint density at radius 1 is 1.27 bits per heavy atom. The molecule has 7 nitrogen and oxygen atoms in total. The van der Waals surface area contributed by atoms with Gasteiger partial charge in [0.1, 0.15) is 15.9 Å². The zero-order valence-corrected chi connectivity index (χ0v) is 14.0. The molecule has 3 heterocycles. The molecule has 0 saturated heterocycles. The third-order valence-electron chi connectivity index (χ3n) is 3.51. The smallest absolute Gasteiger partial charge is 0.223 e.